The molecular formula is C27H25Cl2NO4. The molecule has 3 aromatic rings. The Kier molecular flexibility index (Phi) is 7.15. The minimum atomic E-state index is -0.950. The summed E-state index contributed by atoms with van der Waals surface area (Å²) in [5.41, 5.74) is 3.05. The van der Waals surface area contributed by atoms with Crippen molar-refractivity contribution in [2.75, 3.05) is 6.54 Å². The second kappa shape index (κ2) is 10.1. The molecule has 0 aliphatic carbocycles. The molecule has 1 atom stereocenters. The van der Waals surface area contributed by atoms with E-state index in [0.29, 0.717) is 35.0 Å². The molecule has 1 aliphatic heterocycles. The Labute approximate surface area is 208 Å². The summed E-state index contributed by atoms with van der Waals surface area (Å²) in [4.78, 5) is 26.1. The first-order valence-corrected chi connectivity index (χ1v) is 11.8. The number of carboxylic acid groups (broad SMARTS) is 1. The SMILES string of the molecule is C[C@]1(Cc2ccc(Cl)cc2)Cc2cc(C(=O)N(CCC(=O)O)Cc3ccc(Cl)cc3)ccc2O1. The van der Waals surface area contributed by atoms with Crippen molar-refractivity contribution in [3.8, 4) is 5.75 Å². The fraction of sp³-hybridized carbons (Fsp3) is 0.259. The number of aliphatic carboxylic acids is 1. The number of carbonyl (C=O) groups excluding carboxylic acids is 1. The lowest BCUT2D eigenvalue weighted by Gasteiger charge is -2.24. The van der Waals surface area contributed by atoms with Crippen LogP contribution in [0, 0.1) is 0 Å². The predicted octanol–water partition coefficient (Wildman–Crippen LogP) is 6.05. The standard InChI is InChI=1S/C27H25Cl2NO4/c1-27(15-18-2-7-22(28)8-3-18)16-21-14-20(6-11-24(21)34-27)26(33)30(13-12-25(31)32)17-19-4-9-23(29)10-5-19/h2-11,14H,12-13,15-17H2,1H3,(H,31,32)/t27-/m0/s1. The van der Waals surface area contributed by atoms with E-state index < -0.39 is 11.6 Å². The van der Waals surface area contributed by atoms with Gasteiger partial charge in [-0.2, -0.15) is 0 Å². The molecule has 1 aliphatic rings. The highest BCUT2D eigenvalue weighted by Gasteiger charge is 2.35. The van der Waals surface area contributed by atoms with Gasteiger partial charge in [-0.1, -0.05) is 47.5 Å². The molecule has 0 fully saturated rings. The fourth-order valence-corrected chi connectivity index (χ4v) is 4.52. The number of carboxylic acids is 1. The topological polar surface area (TPSA) is 66.8 Å². The Morgan fingerprint density at radius 1 is 0.971 bits per heavy atom. The molecule has 1 heterocycles. The average molecular weight is 498 g/mol. The third-order valence-corrected chi connectivity index (χ3v) is 6.39. The van der Waals surface area contributed by atoms with E-state index in [-0.39, 0.29) is 18.9 Å². The lowest BCUT2D eigenvalue weighted by atomic mass is 9.91. The van der Waals surface area contributed by atoms with Crippen LogP contribution in [0.5, 0.6) is 5.75 Å². The summed E-state index contributed by atoms with van der Waals surface area (Å²) in [6, 6.07) is 20.3. The summed E-state index contributed by atoms with van der Waals surface area (Å²) in [6.45, 7) is 2.46. The Morgan fingerprint density at radius 2 is 1.59 bits per heavy atom. The summed E-state index contributed by atoms with van der Waals surface area (Å²) >= 11 is 12.0. The Balaban J connectivity index is 1.51. The summed E-state index contributed by atoms with van der Waals surface area (Å²) in [7, 11) is 0. The van der Waals surface area contributed by atoms with Crippen LogP contribution < -0.4 is 4.74 Å². The van der Waals surface area contributed by atoms with Crippen LogP contribution in [0.2, 0.25) is 10.0 Å². The molecule has 34 heavy (non-hydrogen) atoms. The Hall–Kier alpha value is -3.02. The van der Waals surface area contributed by atoms with Crippen LogP contribution in [-0.4, -0.2) is 34.0 Å². The lowest BCUT2D eigenvalue weighted by molar-refractivity contribution is -0.137. The van der Waals surface area contributed by atoms with Gasteiger partial charge in [-0.15, -0.1) is 0 Å². The van der Waals surface area contributed by atoms with Gasteiger partial charge >= 0.3 is 5.97 Å². The highest BCUT2D eigenvalue weighted by Crippen LogP contribution is 2.38. The van der Waals surface area contributed by atoms with E-state index in [4.69, 9.17) is 33.0 Å². The van der Waals surface area contributed by atoms with E-state index in [9.17, 15) is 9.59 Å². The number of benzene rings is 3. The van der Waals surface area contributed by atoms with Crippen molar-refractivity contribution in [1.82, 2.24) is 4.90 Å². The largest absolute Gasteiger partial charge is 0.487 e. The molecular weight excluding hydrogens is 473 g/mol. The Bertz CT molecular complexity index is 1190. The van der Waals surface area contributed by atoms with Crippen molar-refractivity contribution in [2.24, 2.45) is 0 Å². The minimum absolute atomic E-state index is 0.110. The third kappa shape index (κ3) is 5.91. The second-order valence-corrected chi connectivity index (χ2v) is 9.72. The summed E-state index contributed by atoms with van der Waals surface area (Å²) in [6.07, 6.45) is 1.24. The third-order valence-electron chi connectivity index (χ3n) is 5.89. The van der Waals surface area contributed by atoms with Gasteiger partial charge in [0.05, 0.1) is 6.42 Å². The van der Waals surface area contributed by atoms with E-state index in [1.807, 2.05) is 48.5 Å². The molecule has 3 aromatic carbocycles. The van der Waals surface area contributed by atoms with Gasteiger partial charge in [0.25, 0.3) is 5.91 Å². The maximum Gasteiger partial charge on any atom is 0.305 e. The first-order valence-electron chi connectivity index (χ1n) is 11.0. The number of halogens is 2. The molecule has 4 rings (SSSR count). The summed E-state index contributed by atoms with van der Waals surface area (Å²) in [5.74, 6) is -0.401. The number of fused-ring (bicyclic) bond motifs is 1. The van der Waals surface area contributed by atoms with Gasteiger partial charge in [-0.05, 0) is 66.1 Å². The molecule has 0 bridgehead atoms. The molecule has 0 aromatic heterocycles. The van der Waals surface area contributed by atoms with Crippen LogP contribution in [-0.2, 0) is 24.2 Å². The van der Waals surface area contributed by atoms with E-state index in [2.05, 4.69) is 6.92 Å². The first-order chi connectivity index (χ1) is 16.2. The van der Waals surface area contributed by atoms with Crippen molar-refractivity contribution in [3.05, 3.63) is 99.0 Å². The number of hydrogen-bond acceptors (Lipinski definition) is 3. The maximum atomic E-state index is 13.4. The van der Waals surface area contributed by atoms with Crippen molar-refractivity contribution in [2.45, 2.75) is 38.3 Å². The molecule has 0 unspecified atom stereocenters. The van der Waals surface area contributed by atoms with Gasteiger partial charge < -0.3 is 14.7 Å². The molecule has 0 spiro atoms. The van der Waals surface area contributed by atoms with Crippen LogP contribution in [0.4, 0.5) is 0 Å². The number of carbonyl (C=O) groups is 2. The number of rotatable bonds is 8. The average Bonchev–Trinajstić information content (AvgIpc) is 3.13. The van der Waals surface area contributed by atoms with E-state index in [0.717, 1.165) is 22.4 Å². The normalized spacial score (nSPS) is 16.6. The van der Waals surface area contributed by atoms with Crippen LogP contribution in [0.25, 0.3) is 0 Å². The molecule has 0 saturated heterocycles. The molecule has 5 nitrogen and oxygen atoms in total. The number of amides is 1. The lowest BCUT2D eigenvalue weighted by Crippen LogP contribution is -2.33. The van der Waals surface area contributed by atoms with Gasteiger partial charge in [0.2, 0.25) is 0 Å². The van der Waals surface area contributed by atoms with E-state index in [1.54, 1.807) is 23.1 Å². The monoisotopic (exact) mass is 497 g/mol. The first kappa shape index (κ1) is 24.1. The van der Waals surface area contributed by atoms with Gasteiger partial charge in [-0.3, -0.25) is 9.59 Å². The van der Waals surface area contributed by atoms with E-state index >= 15 is 0 Å². The minimum Gasteiger partial charge on any atom is -0.487 e. The highest BCUT2D eigenvalue weighted by atomic mass is 35.5. The Morgan fingerprint density at radius 3 is 2.21 bits per heavy atom. The molecule has 1 N–H and O–H groups in total. The van der Waals surface area contributed by atoms with Crippen LogP contribution in [0.15, 0.2) is 66.7 Å². The van der Waals surface area contributed by atoms with Gasteiger partial charge in [0.1, 0.15) is 11.4 Å². The molecule has 7 heteroatoms. The van der Waals surface area contributed by atoms with Gasteiger partial charge in [-0.25, -0.2) is 0 Å². The number of nitrogens with zero attached hydrogens (tertiary/aromatic N) is 1. The smallest absolute Gasteiger partial charge is 0.305 e. The van der Waals surface area contributed by atoms with Crippen LogP contribution >= 0.6 is 23.2 Å². The molecule has 1 amide bonds. The second-order valence-electron chi connectivity index (χ2n) is 8.85. The predicted molar refractivity (Wildman–Crippen MR) is 133 cm³/mol. The van der Waals surface area contributed by atoms with Crippen molar-refractivity contribution in [3.63, 3.8) is 0 Å². The van der Waals surface area contributed by atoms with Crippen molar-refractivity contribution in [1.29, 1.82) is 0 Å². The number of ether oxygens (including phenoxy) is 1. The van der Waals surface area contributed by atoms with Gasteiger partial charge in [0.15, 0.2) is 0 Å². The zero-order chi connectivity index (χ0) is 24.3. The summed E-state index contributed by atoms with van der Waals surface area (Å²) in [5, 5.41) is 10.5. The fourth-order valence-electron chi connectivity index (χ4n) is 4.26. The van der Waals surface area contributed by atoms with Crippen LogP contribution in [0.1, 0.15) is 40.4 Å². The van der Waals surface area contributed by atoms with E-state index in [1.165, 1.54) is 0 Å². The quantitative estimate of drug-likeness (QED) is 0.411. The zero-order valence-electron chi connectivity index (χ0n) is 18.8. The summed E-state index contributed by atoms with van der Waals surface area (Å²) < 4.78 is 6.26. The van der Waals surface area contributed by atoms with Crippen LogP contribution in [0.3, 0.4) is 0 Å². The number of hydrogen-bond donors (Lipinski definition) is 1. The van der Waals surface area contributed by atoms with Gasteiger partial charge in [0, 0.05) is 41.5 Å². The van der Waals surface area contributed by atoms with Crippen molar-refractivity contribution >= 4 is 35.1 Å². The van der Waals surface area contributed by atoms with Crippen molar-refractivity contribution < 1.29 is 19.4 Å². The highest BCUT2D eigenvalue weighted by molar-refractivity contribution is 6.30. The molecule has 176 valence electrons. The maximum absolute atomic E-state index is 13.4. The zero-order valence-corrected chi connectivity index (χ0v) is 20.3. The molecule has 0 saturated carbocycles. The molecule has 0 radical (unpaired) electrons.